The lowest BCUT2D eigenvalue weighted by Crippen LogP contribution is -2.22. The summed E-state index contributed by atoms with van der Waals surface area (Å²) in [7, 11) is -7.21. The van der Waals surface area contributed by atoms with Crippen LogP contribution in [0.2, 0.25) is 0 Å². The lowest BCUT2D eigenvalue weighted by atomic mass is 10.3. The number of primary sulfonamides is 2. The Morgan fingerprint density at radius 3 is 1.94 bits per heavy atom. The van der Waals surface area contributed by atoms with Gasteiger partial charge < -0.3 is 5.32 Å². The number of hydrogen-bond donors (Lipinski definition) is 3. The van der Waals surface area contributed by atoms with Crippen LogP contribution in [0.3, 0.4) is 0 Å². The fraction of sp³-hybridized carbons (Fsp3) is 0.250. The predicted molar refractivity (Wildman–Crippen MR) is 64.3 cm³/mol. The van der Waals surface area contributed by atoms with E-state index in [-0.39, 0.29) is 17.2 Å². The molecule has 1 rings (SSSR count). The van der Waals surface area contributed by atoms with Crippen LogP contribution in [0, 0.1) is 0 Å². The molecule has 0 aliphatic rings. The van der Waals surface area contributed by atoms with Crippen molar-refractivity contribution in [2.45, 2.75) is 4.90 Å². The van der Waals surface area contributed by atoms with Gasteiger partial charge in [0, 0.05) is 12.2 Å². The molecule has 17 heavy (non-hydrogen) atoms. The van der Waals surface area contributed by atoms with Gasteiger partial charge in [-0.1, -0.05) is 0 Å². The second-order valence-corrected chi connectivity index (χ2v) is 6.66. The fourth-order valence-electron chi connectivity index (χ4n) is 1.10. The highest BCUT2D eigenvalue weighted by molar-refractivity contribution is 7.89. The molecule has 96 valence electrons. The predicted octanol–water partition coefficient (Wildman–Crippen LogP) is -0.966. The summed E-state index contributed by atoms with van der Waals surface area (Å²) in [6, 6.07) is 5.63. The second kappa shape index (κ2) is 5.00. The molecule has 0 bridgehead atoms. The molecule has 0 fully saturated rings. The number of hydrogen-bond acceptors (Lipinski definition) is 5. The summed E-state index contributed by atoms with van der Waals surface area (Å²) in [6.45, 7) is 0.146. The zero-order valence-electron chi connectivity index (χ0n) is 8.83. The van der Waals surface area contributed by atoms with Crippen LogP contribution in [-0.2, 0) is 20.0 Å². The van der Waals surface area contributed by atoms with E-state index in [4.69, 9.17) is 10.3 Å². The maximum absolute atomic E-state index is 11.0. The minimum atomic E-state index is -3.71. The maximum atomic E-state index is 11.0. The van der Waals surface area contributed by atoms with Crippen molar-refractivity contribution in [3.63, 3.8) is 0 Å². The molecule has 1 aromatic rings. The van der Waals surface area contributed by atoms with Gasteiger partial charge in [0.2, 0.25) is 20.0 Å². The van der Waals surface area contributed by atoms with Crippen LogP contribution >= 0.6 is 0 Å². The van der Waals surface area contributed by atoms with Gasteiger partial charge in [0.15, 0.2) is 0 Å². The molecule has 1 aromatic carbocycles. The summed E-state index contributed by atoms with van der Waals surface area (Å²) in [5, 5.41) is 12.5. The smallest absolute Gasteiger partial charge is 0.238 e. The average molecular weight is 279 g/mol. The molecule has 0 spiro atoms. The SMILES string of the molecule is NS(=O)(=O)CCNc1ccc(S(N)(=O)=O)cc1. The van der Waals surface area contributed by atoms with Crippen molar-refractivity contribution >= 4 is 25.7 Å². The van der Waals surface area contributed by atoms with Crippen LogP contribution in [-0.4, -0.2) is 29.1 Å². The van der Waals surface area contributed by atoms with Crippen LogP contribution in [0.4, 0.5) is 5.69 Å². The maximum Gasteiger partial charge on any atom is 0.238 e. The molecule has 7 nitrogen and oxygen atoms in total. The summed E-state index contributed by atoms with van der Waals surface area (Å²) in [5.41, 5.74) is 0.584. The topological polar surface area (TPSA) is 132 Å². The van der Waals surface area contributed by atoms with E-state index in [1.54, 1.807) is 0 Å². The van der Waals surface area contributed by atoms with Gasteiger partial charge in [-0.15, -0.1) is 0 Å². The zero-order chi connectivity index (χ0) is 13.1. The summed E-state index contributed by atoms with van der Waals surface area (Å²) in [6.07, 6.45) is 0. The van der Waals surface area contributed by atoms with Gasteiger partial charge in [0.25, 0.3) is 0 Å². The number of sulfonamides is 2. The summed E-state index contributed by atoms with van der Waals surface area (Å²) in [5.74, 6) is -0.204. The highest BCUT2D eigenvalue weighted by Gasteiger charge is 2.07. The lowest BCUT2D eigenvalue weighted by Gasteiger charge is -2.05. The Morgan fingerprint density at radius 2 is 1.53 bits per heavy atom. The Morgan fingerprint density at radius 1 is 1.00 bits per heavy atom. The van der Waals surface area contributed by atoms with Gasteiger partial charge in [0.1, 0.15) is 0 Å². The Labute approximate surface area is 99.9 Å². The largest absolute Gasteiger partial charge is 0.384 e. The van der Waals surface area contributed by atoms with E-state index in [1.807, 2.05) is 0 Å². The molecule has 0 saturated heterocycles. The molecule has 0 radical (unpaired) electrons. The van der Waals surface area contributed by atoms with Crippen molar-refractivity contribution in [3.05, 3.63) is 24.3 Å². The molecule has 0 atom stereocenters. The Kier molecular flexibility index (Phi) is 4.09. The molecule has 0 unspecified atom stereocenters. The summed E-state index contributed by atoms with van der Waals surface area (Å²) < 4.78 is 43.2. The highest BCUT2D eigenvalue weighted by atomic mass is 32.2. The molecule has 0 amide bonds. The van der Waals surface area contributed by atoms with Crippen molar-refractivity contribution in [2.24, 2.45) is 10.3 Å². The van der Waals surface area contributed by atoms with E-state index in [0.29, 0.717) is 5.69 Å². The summed E-state index contributed by atoms with van der Waals surface area (Å²) in [4.78, 5) is -0.00510. The third-order valence-corrected chi connectivity index (χ3v) is 3.60. The van der Waals surface area contributed by atoms with Gasteiger partial charge >= 0.3 is 0 Å². The van der Waals surface area contributed by atoms with Crippen LogP contribution < -0.4 is 15.6 Å². The van der Waals surface area contributed by atoms with E-state index in [9.17, 15) is 16.8 Å². The van der Waals surface area contributed by atoms with E-state index in [2.05, 4.69) is 5.32 Å². The number of anilines is 1. The molecule has 0 aromatic heterocycles. The van der Waals surface area contributed by atoms with E-state index in [0.717, 1.165) is 0 Å². The molecular weight excluding hydrogens is 266 g/mol. The first-order valence-corrected chi connectivity index (χ1v) is 7.82. The molecular formula is C8H13N3O4S2. The third kappa shape index (κ3) is 5.13. The van der Waals surface area contributed by atoms with E-state index >= 15 is 0 Å². The standard InChI is InChI=1S/C8H13N3O4S2/c9-16(12,13)6-5-11-7-1-3-8(4-2-7)17(10,14)15/h1-4,11H,5-6H2,(H2,9,12,13)(H2,10,14,15). The first-order chi connectivity index (χ1) is 7.68. The Hall–Kier alpha value is -1.16. The molecule has 0 saturated carbocycles. The van der Waals surface area contributed by atoms with Gasteiger partial charge in [-0.25, -0.2) is 27.1 Å². The van der Waals surface area contributed by atoms with Crippen molar-refractivity contribution in [1.82, 2.24) is 0 Å². The van der Waals surface area contributed by atoms with E-state index < -0.39 is 20.0 Å². The highest BCUT2D eigenvalue weighted by Crippen LogP contribution is 2.12. The second-order valence-electron chi connectivity index (χ2n) is 3.36. The van der Waals surface area contributed by atoms with Crippen LogP contribution in [0.1, 0.15) is 0 Å². The van der Waals surface area contributed by atoms with Gasteiger partial charge in [-0.3, -0.25) is 0 Å². The monoisotopic (exact) mass is 279 g/mol. The first kappa shape index (κ1) is 13.9. The average Bonchev–Trinajstić information content (AvgIpc) is 2.15. The summed E-state index contributed by atoms with van der Waals surface area (Å²) >= 11 is 0. The van der Waals surface area contributed by atoms with Crippen molar-refractivity contribution in [1.29, 1.82) is 0 Å². The third-order valence-electron chi connectivity index (χ3n) is 1.90. The van der Waals surface area contributed by atoms with Crippen LogP contribution in [0.15, 0.2) is 29.2 Å². The van der Waals surface area contributed by atoms with Crippen molar-refractivity contribution in [2.75, 3.05) is 17.6 Å². The van der Waals surface area contributed by atoms with Crippen molar-refractivity contribution in [3.8, 4) is 0 Å². The molecule has 9 heteroatoms. The van der Waals surface area contributed by atoms with Crippen LogP contribution in [0.25, 0.3) is 0 Å². The van der Waals surface area contributed by atoms with Gasteiger partial charge in [-0.05, 0) is 24.3 Å². The molecule has 0 aliphatic heterocycles. The number of rotatable bonds is 5. The lowest BCUT2D eigenvalue weighted by molar-refractivity contribution is 0.596. The fourth-order valence-corrected chi connectivity index (χ4v) is 2.00. The Bertz CT molecular complexity index is 578. The van der Waals surface area contributed by atoms with Crippen LogP contribution in [0.5, 0.6) is 0 Å². The minimum absolute atomic E-state index is 0.00510. The quantitative estimate of drug-likeness (QED) is 0.638. The Balaban J connectivity index is 2.64. The zero-order valence-corrected chi connectivity index (χ0v) is 10.5. The molecule has 0 heterocycles. The number of nitrogens with two attached hydrogens (primary N) is 2. The van der Waals surface area contributed by atoms with Crippen molar-refractivity contribution < 1.29 is 16.8 Å². The number of benzene rings is 1. The van der Waals surface area contributed by atoms with Gasteiger partial charge in [0.05, 0.1) is 10.6 Å². The minimum Gasteiger partial charge on any atom is -0.384 e. The molecule has 5 N–H and O–H groups in total. The normalized spacial score (nSPS) is 12.4. The number of nitrogens with one attached hydrogen (secondary N) is 1. The van der Waals surface area contributed by atoms with Gasteiger partial charge in [-0.2, -0.15) is 0 Å². The molecule has 0 aliphatic carbocycles. The van der Waals surface area contributed by atoms with E-state index in [1.165, 1.54) is 24.3 Å². The first-order valence-electron chi connectivity index (χ1n) is 4.56.